The van der Waals surface area contributed by atoms with Gasteiger partial charge in [0.1, 0.15) is 12.9 Å². The first-order chi connectivity index (χ1) is 6.72. The molecule has 15 heavy (non-hydrogen) atoms. The zero-order valence-electron chi connectivity index (χ0n) is 10.4. The Balaban J connectivity index is 2.51. The molecule has 4 heteroatoms. The van der Waals surface area contributed by atoms with E-state index in [2.05, 4.69) is 33.9 Å². The van der Waals surface area contributed by atoms with Gasteiger partial charge in [-0.2, -0.15) is 0 Å². The molecule has 1 heterocycles. The van der Waals surface area contributed by atoms with E-state index in [0.29, 0.717) is 12.8 Å². The van der Waals surface area contributed by atoms with Crippen LogP contribution in [-0.2, 0) is 14.0 Å². The third kappa shape index (κ3) is 3.40. The highest BCUT2D eigenvalue weighted by Crippen LogP contribution is 2.38. The molecule has 1 rings (SSSR count). The maximum absolute atomic E-state index is 11.0. The molecule has 0 aromatic heterocycles. The Morgan fingerprint density at radius 1 is 1.40 bits per heavy atom. The van der Waals surface area contributed by atoms with Gasteiger partial charge in [-0.05, 0) is 18.1 Å². The summed E-state index contributed by atoms with van der Waals surface area (Å²) in [6.45, 7) is 11.2. The van der Waals surface area contributed by atoms with Crippen molar-refractivity contribution in [2.24, 2.45) is 0 Å². The minimum absolute atomic E-state index is 0.163. The minimum Gasteiger partial charge on any atom is -0.392 e. The highest BCUT2D eigenvalue weighted by molar-refractivity contribution is 6.74. The summed E-state index contributed by atoms with van der Waals surface area (Å²) in [6, 6.07) is 0. The smallest absolute Gasteiger partial charge is 0.195 e. The van der Waals surface area contributed by atoms with Crippen LogP contribution in [0.5, 0.6) is 0 Å². The Bertz CT molecular complexity index is 233. The maximum Gasteiger partial charge on any atom is 0.195 e. The third-order valence-electron chi connectivity index (χ3n) is 3.32. The highest BCUT2D eigenvalue weighted by atomic mass is 28.4. The van der Waals surface area contributed by atoms with Crippen LogP contribution in [0, 0.1) is 0 Å². The Morgan fingerprint density at radius 3 is 2.40 bits per heavy atom. The van der Waals surface area contributed by atoms with Crippen LogP contribution in [0.3, 0.4) is 0 Å². The fraction of sp³-hybridized carbons (Fsp3) is 0.909. The molecule has 0 spiro atoms. The van der Waals surface area contributed by atoms with Crippen LogP contribution in [-0.4, -0.2) is 27.0 Å². The van der Waals surface area contributed by atoms with E-state index in [4.69, 9.17) is 9.16 Å². The number of ether oxygens (including phenoxy) is 1. The average molecular weight is 230 g/mol. The van der Waals surface area contributed by atoms with Crippen LogP contribution < -0.4 is 0 Å². The van der Waals surface area contributed by atoms with Crippen molar-refractivity contribution in [1.29, 1.82) is 0 Å². The maximum atomic E-state index is 11.0. The van der Waals surface area contributed by atoms with Crippen molar-refractivity contribution in [2.75, 3.05) is 6.61 Å². The molecule has 0 bridgehead atoms. The van der Waals surface area contributed by atoms with E-state index in [1.807, 2.05) is 0 Å². The summed E-state index contributed by atoms with van der Waals surface area (Å²) < 4.78 is 11.4. The lowest BCUT2D eigenvalue weighted by molar-refractivity contribution is -0.150. The first-order valence-electron chi connectivity index (χ1n) is 5.53. The number of ketones is 1. The molecular weight excluding hydrogens is 208 g/mol. The molecular formula is C11H22O3Si. The summed E-state index contributed by atoms with van der Waals surface area (Å²) in [6.07, 6.45) is 1.15. The topological polar surface area (TPSA) is 35.5 Å². The summed E-state index contributed by atoms with van der Waals surface area (Å²) in [7, 11) is -1.75. The highest BCUT2D eigenvalue weighted by Gasteiger charge is 2.40. The lowest BCUT2D eigenvalue weighted by Gasteiger charge is -2.39. The predicted octanol–water partition coefficient (Wildman–Crippen LogP) is 2.71. The molecule has 1 aliphatic heterocycles. The molecule has 0 amide bonds. The molecule has 0 unspecified atom stereocenters. The zero-order valence-corrected chi connectivity index (χ0v) is 11.4. The summed E-state index contributed by atoms with van der Waals surface area (Å²) in [4.78, 5) is 11.0. The summed E-state index contributed by atoms with van der Waals surface area (Å²) in [5.74, 6) is 0.185. The van der Waals surface area contributed by atoms with Crippen molar-refractivity contribution in [3.05, 3.63) is 0 Å². The zero-order chi connectivity index (χ0) is 11.7. The molecule has 1 atom stereocenters. The normalized spacial score (nSPS) is 24.3. The summed E-state index contributed by atoms with van der Waals surface area (Å²) >= 11 is 0. The van der Waals surface area contributed by atoms with E-state index >= 15 is 0 Å². The molecule has 0 N–H and O–H groups in total. The van der Waals surface area contributed by atoms with Gasteiger partial charge in [-0.1, -0.05) is 20.8 Å². The van der Waals surface area contributed by atoms with Gasteiger partial charge >= 0.3 is 0 Å². The lowest BCUT2D eigenvalue weighted by atomic mass is 10.2. The first-order valence-corrected chi connectivity index (χ1v) is 8.44. The van der Waals surface area contributed by atoms with Gasteiger partial charge < -0.3 is 9.16 Å². The van der Waals surface area contributed by atoms with E-state index in [1.165, 1.54) is 0 Å². The monoisotopic (exact) mass is 230 g/mol. The molecule has 1 saturated heterocycles. The SMILES string of the molecule is CC(C)(C)[Si](C)(C)O[C@@H]1CCC(=O)CO1. The number of hydrogen-bond donors (Lipinski definition) is 0. The number of carbonyl (C=O) groups excluding carboxylic acids is 1. The largest absolute Gasteiger partial charge is 0.392 e. The second-order valence-corrected chi connectivity index (χ2v) is 10.5. The molecule has 0 radical (unpaired) electrons. The molecule has 0 aromatic carbocycles. The Morgan fingerprint density at radius 2 is 2.00 bits per heavy atom. The van der Waals surface area contributed by atoms with E-state index in [0.717, 1.165) is 0 Å². The average Bonchev–Trinajstić information content (AvgIpc) is 2.06. The first kappa shape index (κ1) is 12.9. The van der Waals surface area contributed by atoms with Crippen molar-refractivity contribution in [1.82, 2.24) is 0 Å². The van der Waals surface area contributed by atoms with Crippen molar-refractivity contribution in [3.8, 4) is 0 Å². The van der Waals surface area contributed by atoms with E-state index < -0.39 is 8.32 Å². The van der Waals surface area contributed by atoms with Gasteiger partial charge in [0.05, 0.1) is 0 Å². The van der Waals surface area contributed by atoms with Gasteiger partial charge in [0.2, 0.25) is 0 Å². The van der Waals surface area contributed by atoms with Crippen LogP contribution in [0.25, 0.3) is 0 Å². The summed E-state index contributed by atoms with van der Waals surface area (Å²) in [5.41, 5.74) is 0. The van der Waals surface area contributed by atoms with Crippen LogP contribution in [0.4, 0.5) is 0 Å². The Labute approximate surface area is 93.3 Å². The third-order valence-corrected chi connectivity index (χ3v) is 7.79. The van der Waals surface area contributed by atoms with Crippen molar-refractivity contribution >= 4 is 14.1 Å². The number of carbonyl (C=O) groups is 1. The molecule has 1 aliphatic rings. The molecule has 1 fully saturated rings. The van der Waals surface area contributed by atoms with Gasteiger partial charge in [-0.25, -0.2) is 0 Å². The van der Waals surface area contributed by atoms with Crippen molar-refractivity contribution < 1.29 is 14.0 Å². The van der Waals surface area contributed by atoms with Crippen molar-refractivity contribution in [3.63, 3.8) is 0 Å². The Kier molecular flexibility index (Phi) is 3.74. The standard InChI is InChI=1S/C11H22O3Si/c1-11(2,3)15(4,5)14-10-7-6-9(12)8-13-10/h10H,6-8H2,1-5H3/t10-/m1/s1. The van der Waals surface area contributed by atoms with E-state index in [9.17, 15) is 4.79 Å². The van der Waals surface area contributed by atoms with Gasteiger partial charge in [0.25, 0.3) is 0 Å². The lowest BCUT2D eigenvalue weighted by Crippen LogP contribution is -2.46. The molecule has 0 aliphatic carbocycles. The van der Waals surface area contributed by atoms with Crippen LogP contribution in [0.15, 0.2) is 0 Å². The molecule has 0 aromatic rings. The van der Waals surface area contributed by atoms with Crippen LogP contribution in [0.1, 0.15) is 33.6 Å². The predicted molar refractivity (Wildman–Crippen MR) is 62.3 cm³/mol. The number of Topliss-reactive ketones (excluding diaryl/α,β-unsaturated/α-hetero) is 1. The summed E-state index contributed by atoms with van der Waals surface area (Å²) in [5, 5.41) is 0.192. The van der Waals surface area contributed by atoms with Crippen molar-refractivity contribution in [2.45, 2.75) is 58.0 Å². The second kappa shape index (κ2) is 4.35. The molecule has 3 nitrogen and oxygen atoms in total. The van der Waals surface area contributed by atoms with Crippen LogP contribution >= 0.6 is 0 Å². The van der Waals surface area contributed by atoms with Crippen LogP contribution in [0.2, 0.25) is 18.1 Å². The number of rotatable bonds is 2. The second-order valence-electron chi connectivity index (χ2n) is 5.70. The van der Waals surface area contributed by atoms with Gasteiger partial charge in [-0.3, -0.25) is 4.79 Å². The van der Waals surface area contributed by atoms with E-state index in [-0.39, 0.29) is 23.7 Å². The van der Waals surface area contributed by atoms with Gasteiger partial charge in [0.15, 0.2) is 14.1 Å². The molecule has 88 valence electrons. The quantitative estimate of drug-likeness (QED) is 0.684. The van der Waals surface area contributed by atoms with E-state index in [1.54, 1.807) is 0 Å². The number of hydrogen-bond acceptors (Lipinski definition) is 3. The minimum atomic E-state index is -1.75. The van der Waals surface area contributed by atoms with Gasteiger partial charge in [-0.15, -0.1) is 0 Å². The molecule has 0 saturated carbocycles. The fourth-order valence-electron chi connectivity index (χ4n) is 1.22. The fourth-order valence-corrected chi connectivity index (χ4v) is 2.42. The van der Waals surface area contributed by atoms with Gasteiger partial charge in [0, 0.05) is 12.8 Å². The Hall–Kier alpha value is -0.193.